The molecule has 0 aromatic carbocycles. The molecule has 0 N–H and O–H groups in total. The molecule has 0 saturated heterocycles. The minimum absolute atomic E-state index is 0.666. The highest BCUT2D eigenvalue weighted by atomic mass is 28.4. The number of unbranched alkanes of at least 4 members (excludes halogenated alkanes) is 2. The maximum absolute atomic E-state index is 6.24. The maximum Gasteiger partial charge on any atom is 0.337 e. The van der Waals surface area contributed by atoms with Gasteiger partial charge >= 0.3 is 8.56 Å². The van der Waals surface area contributed by atoms with Crippen molar-refractivity contribution in [2.75, 3.05) is 13.2 Å². The van der Waals surface area contributed by atoms with E-state index >= 15 is 0 Å². The van der Waals surface area contributed by atoms with Gasteiger partial charge in [0.15, 0.2) is 0 Å². The number of hydrogen-bond donors (Lipinski definition) is 0. The lowest BCUT2D eigenvalue weighted by Crippen LogP contribution is -2.42. The average molecular weight is 275 g/mol. The number of hydrogen-bond acceptors (Lipinski definition) is 2. The van der Waals surface area contributed by atoms with Crippen LogP contribution in [-0.4, -0.2) is 21.8 Å². The lowest BCUT2D eigenvalue weighted by Gasteiger charge is -2.30. The van der Waals surface area contributed by atoms with E-state index in [1.807, 2.05) is 0 Å². The minimum atomic E-state index is -1.89. The molecule has 0 saturated carbocycles. The van der Waals surface area contributed by atoms with Crippen molar-refractivity contribution in [3.63, 3.8) is 0 Å². The number of rotatable bonds is 12. The van der Waals surface area contributed by atoms with Crippen LogP contribution >= 0.6 is 0 Å². The van der Waals surface area contributed by atoms with Crippen LogP contribution in [0.3, 0.4) is 0 Å². The molecule has 0 bridgehead atoms. The van der Waals surface area contributed by atoms with E-state index in [2.05, 4.69) is 34.6 Å². The van der Waals surface area contributed by atoms with Gasteiger partial charge in [-0.1, -0.05) is 53.9 Å². The Morgan fingerprint density at radius 3 is 2.06 bits per heavy atom. The van der Waals surface area contributed by atoms with Gasteiger partial charge in [0.2, 0.25) is 0 Å². The van der Waals surface area contributed by atoms with Crippen LogP contribution in [0.2, 0.25) is 12.1 Å². The molecule has 0 heterocycles. The van der Waals surface area contributed by atoms with E-state index in [1.165, 1.54) is 32.1 Å². The van der Waals surface area contributed by atoms with Crippen molar-refractivity contribution in [1.82, 2.24) is 0 Å². The van der Waals surface area contributed by atoms with Crippen molar-refractivity contribution < 1.29 is 8.85 Å². The summed E-state index contributed by atoms with van der Waals surface area (Å²) in [6, 6.07) is 2.16. The Hall–Kier alpha value is 0.137. The smallest absolute Gasteiger partial charge is 0.337 e. The summed E-state index contributed by atoms with van der Waals surface area (Å²) in [4.78, 5) is 0. The monoisotopic (exact) mass is 274 g/mol. The lowest BCUT2D eigenvalue weighted by atomic mass is 10.1. The molecule has 110 valence electrons. The first-order valence-electron chi connectivity index (χ1n) is 7.91. The van der Waals surface area contributed by atoms with E-state index in [1.54, 1.807) is 0 Å². The summed E-state index contributed by atoms with van der Waals surface area (Å²) in [6.07, 6.45) is 6.20. The molecule has 0 radical (unpaired) electrons. The van der Waals surface area contributed by atoms with Crippen molar-refractivity contribution in [1.29, 1.82) is 0 Å². The molecular formula is C15H34O2Si. The van der Waals surface area contributed by atoms with Gasteiger partial charge in [-0.2, -0.15) is 0 Å². The van der Waals surface area contributed by atoms with Crippen molar-refractivity contribution in [3.05, 3.63) is 0 Å². The quantitative estimate of drug-likeness (QED) is 0.363. The van der Waals surface area contributed by atoms with Crippen LogP contribution in [-0.2, 0) is 8.85 Å². The van der Waals surface area contributed by atoms with Gasteiger partial charge in [0.25, 0.3) is 0 Å². The zero-order valence-corrected chi connectivity index (χ0v) is 14.3. The van der Waals surface area contributed by atoms with Crippen LogP contribution in [0.25, 0.3) is 0 Å². The van der Waals surface area contributed by atoms with E-state index < -0.39 is 8.56 Å². The minimum Gasteiger partial charge on any atom is -0.394 e. The Kier molecular flexibility index (Phi) is 11.1. The summed E-state index contributed by atoms with van der Waals surface area (Å²) in [5.41, 5.74) is 0. The third-order valence-electron chi connectivity index (χ3n) is 3.60. The fourth-order valence-corrected chi connectivity index (χ4v) is 4.68. The maximum atomic E-state index is 6.24. The van der Waals surface area contributed by atoms with E-state index in [0.717, 1.165) is 25.3 Å². The van der Waals surface area contributed by atoms with Gasteiger partial charge in [-0.15, -0.1) is 0 Å². The first-order valence-corrected chi connectivity index (χ1v) is 10.1. The van der Waals surface area contributed by atoms with Gasteiger partial charge in [-0.25, -0.2) is 0 Å². The lowest BCUT2D eigenvalue weighted by molar-refractivity contribution is 0.144. The third kappa shape index (κ3) is 7.55. The largest absolute Gasteiger partial charge is 0.394 e. The fourth-order valence-electron chi connectivity index (χ4n) is 2.18. The van der Waals surface area contributed by atoms with Crippen molar-refractivity contribution >= 4 is 8.56 Å². The Bertz CT molecular complexity index is 181. The standard InChI is InChI=1S/C15H34O2Si/c1-6-10-11-13-16-18(8-3,9-4)17-14-15(5)12-7-2/h15H,6-14H2,1-5H3. The summed E-state index contributed by atoms with van der Waals surface area (Å²) >= 11 is 0. The molecular weight excluding hydrogens is 240 g/mol. The Balaban J connectivity index is 4.07. The first-order chi connectivity index (χ1) is 8.64. The van der Waals surface area contributed by atoms with E-state index in [-0.39, 0.29) is 0 Å². The van der Waals surface area contributed by atoms with Gasteiger partial charge in [0.1, 0.15) is 0 Å². The molecule has 0 amide bonds. The molecule has 2 nitrogen and oxygen atoms in total. The molecule has 0 aliphatic heterocycles. The average Bonchev–Trinajstić information content (AvgIpc) is 2.39. The summed E-state index contributed by atoms with van der Waals surface area (Å²) < 4.78 is 12.4. The zero-order valence-electron chi connectivity index (χ0n) is 13.3. The summed E-state index contributed by atoms with van der Waals surface area (Å²) in [6.45, 7) is 13.0. The van der Waals surface area contributed by atoms with Crippen molar-refractivity contribution in [2.24, 2.45) is 5.92 Å². The molecule has 18 heavy (non-hydrogen) atoms. The molecule has 1 atom stereocenters. The topological polar surface area (TPSA) is 18.5 Å². The summed E-state index contributed by atoms with van der Waals surface area (Å²) in [5, 5.41) is 0. The summed E-state index contributed by atoms with van der Waals surface area (Å²) in [7, 11) is -1.89. The van der Waals surface area contributed by atoms with E-state index in [0.29, 0.717) is 5.92 Å². The molecule has 0 fully saturated rings. The van der Waals surface area contributed by atoms with Gasteiger partial charge in [-0.3, -0.25) is 0 Å². The van der Waals surface area contributed by atoms with Crippen molar-refractivity contribution in [2.45, 2.75) is 78.8 Å². The Morgan fingerprint density at radius 2 is 1.56 bits per heavy atom. The van der Waals surface area contributed by atoms with Gasteiger partial charge < -0.3 is 8.85 Å². The van der Waals surface area contributed by atoms with Crippen LogP contribution in [0.1, 0.15) is 66.7 Å². The van der Waals surface area contributed by atoms with Gasteiger partial charge in [0, 0.05) is 13.2 Å². The second-order valence-electron chi connectivity index (χ2n) is 5.38. The molecule has 1 unspecified atom stereocenters. The Labute approximate surface area is 116 Å². The van der Waals surface area contributed by atoms with Crippen LogP contribution in [0.15, 0.2) is 0 Å². The molecule has 0 spiro atoms. The predicted molar refractivity (Wildman–Crippen MR) is 82.2 cm³/mol. The van der Waals surface area contributed by atoms with Gasteiger partial charge in [0.05, 0.1) is 0 Å². The first kappa shape index (κ1) is 18.1. The van der Waals surface area contributed by atoms with Crippen molar-refractivity contribution in [3.8, 4) is 0 Å². The molecule has 0 aromatic heterocycles. The molecule has 0 aliphatic carbocycles. The van der Waals surface area contributed by atoms with Gasteiger partial charge in [-0.05, 0) is 30.8 Å². The predicted octanol–water partition coefficient (Wildman–Crippen LogP) is 5.13. The van der Waals surface area contributed by atoms with E-state index in [4.69, 9.17) is 8.85 Å². The SMILES string of the molecule is CCCCCO[Si](CC)(CC)OCC(C)CCC. The highest BCUT2D eigenvalue weighted by Gasteiger charge is 2.33. The second-order valence-corrected chi connectivity index (χ2v) is 9.19. The van der Waals surface area contributed by atoms with Crippen LogP contribution in [0.4, 0.5) is 0 Å². The van der Waals surface area contributed by atoms with Crippen LogP contribution < -0.4 is 0 Å². The Morgan fingerprint density at radius 1 is 0.889 bits per heavy atom. The molecule has 3 heteroatoms. The molecule has 0 aliphatic rings. The second kappa shape index (κ2) is 11.0. The highest BCUT2D eigenvalue weighted by molar-refractivity contribution is 6.67. The fraction of sp³-hybridized carbons (Fsp3) is 1.00. The van der Waals surface area contributed by atoms with Crippen LogP contribution in [0, 0.1) is 5.92 Å². The zero-order chi connectivity index (χ0) is 13.9. The van der Waals surface area contributed by atoms with E-state index in [9.17, 15) is 0 Å². The molecule has 0 rings (SSSR count). The third-order valence-corrected chi connectivity index (χ3v) is 7.18. The highest BCUT2D eigenvalue weighted by Crippen LogP contribution is 2.21. The van der Waals surface area contributed by atoms with Crippen LogP contribution in [0.5, 0.6) is 0 Å². The normalized spacial score (nSPS) is 13.8. The summed E-state index contributed by atoms with van der Waals surface area (Å²) in [5.74, 6) is 0.666. The molecule has 0 aromatic rings.